The first-order valence-corrected chi connectivity index (χ1v) is 6.06. The fourth-order valence-corrected chi connectivity index (χ4v) is 2.18. The van der Waals surface area contributed by atoms with E-state index in [0.29, 0.717) is 10.9 Å². The lowest BCUT2D eigenvalue weighted by atomic mass is 10.2. The van der Waals surface area contributed by atoms with Gasteiger partial charge in [0.15, 0.2) is 11.6 Å². The number of nitrogens with one attached hydrogen (secondary N) is 2. The van der Waals surface area contributed by atoms with Crippen LogP contribution in [0.3, 0.4) is 0 Å². The molecule has 17 heavy (non-hydrogen) atoms. The Morgan fingerprint density at radius 2 is 2.06 bits per heavy atom. The molecule has 1 aliphatic heterocycles. The highest BCUT2D eigenvalue weighted by Crippen LogP contribution is 2.24. The fourth-order valence-electron chi connectivity index (χ4n) is 1.78. The van der Waals surface area contributed by atoms with Gasteiger partial charge in [-0.05, 0) is 31.5 Å². The molecule has 0 aliphatic carbocycles. The van der Waals surface area contributed by atoms with Crippen molar-refractivity contribution in [1.82, 2.24) is 5.32 Å². The molecule has 2 rings (SSSR count). The maximum atomic E-state index is 13.5. The highest BCUT2D eigenvalue weighted by atomic mass is 79.9. The maximum absolute atomic E-state index is 13.5. The molecule has 0 saturated carbocycles. The molecule has 3 nitrogen and oxygen atoms in total. The molecule has 92 valence electrons. The number of carbonyl (C=O) groups excluding carboxylic acids is 1. The van der Waals surface area contributed by atoms with Crippen LogP contribution in [0.15, 0.2) is 16.6 Å². The van der Waals surface area contributed by atoms with Gasteiger partial charge in [0.2, 0.25) is 5.91 Å². The summed E-state index contributed by atoms with van der Waals surface area (Å²) in [6.07, 6.45) is 1.58. The Balaban J connectivity index is 2.15. The molecular weight excluding hydrogens is 294 g/mol. The zero-order chi connectivity index (χ0) is 12.4. The van der Waals surface area contributed by atoms with Gasteiger partial charge in [-0.2, -0.15) is 0 Å². The molecule has 0 radical (unpaired) electrons. The van der Waals surface area contributed by atoms with E-state index in [1.807, 2.05) is 0 Å². The molecule has 2 N–H and O–H groups in total. The van der Waals surface area contributed by atoms with Crippen LogP contribution in [0.2, 0.25) is 0 Å². The van der Waals surface area contributed by atoms with Crippen molar-refractivity contribution >= 4 is 27.5 Å². The van der Waals surface area contributed by atoms with Crippen LogP contribution in [0, 0.1) is 11.6 Å². The summed E-state index contributed by atoms with van der Waals surface area (Å²) in [6.45, 7) is 0.753. The van der Waals surface area contributed by atoms with E-state index in [2.05, 4.69) is 26.6 Å². The number of anilines is 1. The Labute approximate surface area is 106 Å². The first-order chi connectivity index (χ1) is 8.08. The molecular formula is C11H11BrF2N2O. The van der Waals surface area contributed by atoms with Crippen molar-refractivity contribution in [2.75, 3.05) is 11.9 Å². The third-order valence-electron chi connectivity index (χ3n) is 2.63. The lowest BCUT2D eigenvalue weighted by molar-refractivity contribution is -0.117. The molecule has 1 heterocycles. The van der Waals surface area contributed by atoms with Gasteiger partial charge in [0.25, 0.3) is 0 Å². The first kappa shape index (κ1) is 12.4. The summed E-state index contributed by atoms with van der Waals surface area (Å²) in [6, 6.07) is 1.86. The standard InChI is InChI=1S/C11H11BrF2N2O/c12-6-4-7(13)10(8(14)5-6)16-11(17)9-2-1-3-15-9/h4-5,9,15H,1-3H2,(H,16,17)/t9-/m0/s1. The van der Waals surface area contributed by atoms with Gasteiger partial charge in [0.05, 0.1) is 6.04 Å². The van der Waals surface area contributed by atoms with Crippen LogP contribution in [0.4, 0.5) is 14.5 Å². The van der Waals surface area contributed by atoms with Crippen molar-refractivity contribution in [3.05, 3.63) is 28.2 Å². The van der Waals surface area contributed by atoms with Gasteiger partial charge in [0, 0.05) is 4.47 Å². The number of amides is 1. The molecule has 0 spiro atoms. The summed E-state index contributed by atoms with van der Waals surface area (Å²) in [5.41, 5.74) is -0.396. The van der Waals surface area contributed by atoms with Gasteiger partial charge < -0.3 is 10.6 Å². The van der Waals surface area contributed by atoms with E-state index in [1.54, 1.807) is 0 Å². The predicted octanol–water partition coefficient (Wildman–Crippen LogP) is 2.42. The second-order valence-electron chi connectivity index (χ2n) is 3.88. The molecule has 1 fully saturated rings. The monoisotopic (exact) mass is 304 g/mol. The van der Waals surface area contributed by atoms with Crippen molar-refractivity contribution in [1.29, 1.82) is 0 Å². The minimum atomic E-state index is -0.789. The Morgan fingerprint density at radius 1 is 1.41 bits per heavy atom. The minimum absolute atomic E-state index is 0.296. The SMILES string of the molecule is O=C(Nc1c(F)cc(Br)cc1F)[C@@H]1CCCN1. The van der Waals surface area contributed by atoms with Crippen LogP contribution in [0.5, 0.6) is 0 Å². The van der Waals surface area contributed by atoms with E-state index in [1.165, 1.54) is 0 Å². The molecule has 0 bridgehead atoms. The molecule has 0 unspecified atom stereocenters. The Morgan fingerprint density at radius 3 is 2.59 bits per heavy atom. The van der Waals surface area contributed by atoms with E-state index in [-0.39, 0.29) is 6.04 Å². The zero-order valence-electron chi connectivity index (χ0n) is 8.90. The van der Waals surface area contributed by atoms with Crippen molar-refractivity contribution in [2.24, 2.45) is 0 Å². The summed E-state index contributed by atoms with van der Waals surface area (Å²) in [4.78, 5) is 11.7. The zero-order valence-corrected chi connectivity index (χ0v) is 10.5. The Bertz CT molecular complexity index is 424. The van der Waals surface area contributed by atoms with Crippen molar-refractivity contribution in [3.8, 4) is 0 Å². The topological polar surface area (TPSA) is 41.1 Å². The lowest BCUT2D eigenvalue weighted by Gasteiger charge is -2.12. The highest BCUT2D eigenvalue weighted by Gasteiger charge is 2.24. The summed E-state index contributed by atoms with van der Waals surface area (Å²) >= 11 is 2.97. The van der Waals surface area contributed by atoms with Crippen LogP contribution >= 0.6 is 15.9 Å². The van der Waals surface area contributed by atoms with E-state index in [9.17, 15) is 13.6 Å². The third kappa shape index (κ3) is 2.81. The quantitative estimate of drug-likeness (QED) is 0.881. The normalized spacial score (nSPS) is 19.4. The molecule has 1 aliphatic rings. The van der Waals surface area contributed by atoms with Gasteiger partial charge in [-0.25, -0.2) is 8.78 Å². The average molecular weight is 305 g/mol. The van der Waals surface area contributed by atoms with E-state index >= 15 is 0 Å². The van der Waals surface area contributed by atoms with Crippen LogP contribution in [-0.4, -0.2) is 18.5 Å². The third-order valence-corrected chi connectivity index (χ3v) is 3.09. The van der Waals surface area contributed by atoms with Crippen LogP contribution in [-0.2, 0) is 4.79 Å². The summed E-state index contributed by atoms with van der Waals surface area (Å²) < 4.78 is 27.2. The molecule has 1 saturated heterocycles. The lowest BCUT2D eigenvalue weighted by Crippen LogP contribution is -2.36. The number of hydrogen-bond donors (Lipinski definition) is 2. The number of benzene rings is 1. The second kappa shape index (κ2) is 5.10. The molecule has 1 atom stereocenters. The Kier molecular flexibility index (Phi) is 3.73. The van der Waals surface area contributed by atoms with E-state index < -0.39 is 23.2 Å². The number of rotatable bonds is 2. The maximum Gasteiger partial charge on any atom is 0.241 e. The average Bonchev–Trinajstić information content (AvgIpc) is 2.76. The molecule has 1 amide bonds. The van der Waals surface area contributed by atoms with Crippen LogP contribution in [0.25, 0.3) is 0 Å². The summed E-state index contributed by atoms with van der Waals surface area (Å²) in [5, 5.41) is 5.24. The van der Waals surface area contributed by atoms with Crippen LogP contribution < -0.4 is 10.6 Å². The number of halogens is 3. The smallest absolute Gasteiger partial charge is 0.241 e. The molecule has 1 aromatic rings. The van der Waals surface area contributed by atoms with Crippen molar-refractivity contribution in [2.45, 2.75) is 18.9 Å². The predicted molar refractivity (Wildman–Crippen MR) is 63.7 cm³/mol. The van der Waals surface area contributed by atoms with E-state index in [0.717, 1.165) is 25.1 Å². The van der Waals surface area contributed by atoms with Gasteiger partial charge >= 0.3 is 0 Å². The van der Waals surface area contributed by atoms with Gasteiger partial charge in [-0.3, -0.25) is 4.79 Å². The van der Waals surface area contributed by atoms with Gasteiger partial charge in [0.1, 0.15) is 5.69 Å². The number of carbonyl (C=O) groups is 1. The van der Waals surface area contributed by atoms with Crippen molar-refractivity contribution in [3.63, 3.8) is 0 Å². The molecule has 6 heteroatoms. The first-order valence-electron chi connectivity index (χ1n) is 5.26. The largest absolute Gasteiger partial charge is 0.320 e. The number of hydrogen-bond acceptors (Lipinski definition) is 2. The van der Waals surface area contributed by atoms with Gasteiger partial charge in [-0.15, -0.1) is 0 Å². The summed E-state index contributed by atoms with van der Waals surface area (Å²) in [7, 11) is 0. The molecule has 1 aromatic carbocycles. The minimum Gasteiger partial charge on any atom is -0.320 e. The van der Waals surface area contributed by atoms with E-state index in [4.69, 9.17) is 0 Å². The van der Waals surface area contributed by atoms with Crippen LogP contribution in [0.1, 0.15) is 12.8 Å². The fraction of sp³-hybridized carbons (Fsp3) is 0.364. The molecule has 0 aromatic heterocycles. The Hall–Kier alpha value is -1.01. The van der Waals surface area contributed by atoms with Crippen molar-refractivity contribution < 1.29 is 13.6 Å². The van der Waals surface area contributed by atoms with Gasteiger partial charge in [-0.1, -0.05) is 15.9 Å². The second-order valence-corrected chi connectivity index (χ2v) is 4.80. The summed E-state index contributed by atoms with van der Waals surface area (Å²) in [5.74, 6) is -1.98. The highest BCUT2D eigenvalue weighted by molar-refractivity contribution is 9.10.